The third kappa shape index (κ3) is 10.1. The molecule has 6 rings (SSSR count). The van der Waals surface area contributed by atoms with E-state index >= 15 is 0 Å². The van der Waals surface area contributed by atoms with Crippen LogP contribution in [-0.2, 0) is 34.7 Å². The van der Waals surface area contributed by atoms with Crippen molar-refractivity contribution in [2.24, 2.45) is 43.6 Å². The summed E-state index contributed by atoms with van der Waals surface area (Å²) in [4.78, 5) is 48.5. The molecule has 60 heavy (non-hydrogen) atoms. The number of ether oxygens (including phenoxy) is 1. The number of fused-ring (bicyclic) bond motifs is 5. The van der Waals surface area contributed by atoms with Gasteiger partial charge in [0.1, 0.15) is 0 Å². The van der Waals surface area contributed by atoms with Crippen molar-refractivity contribution in [1.29, 1.82) is 0 Å². The van der Waals surface area contributed by atoms with Crippen molar-refractivity contribution in [2.75, 3.05) is 59.5 Å². The molecule has 8 bridgehead atoms. The second-order valence-electron chi connectivity index (χ2n) is 16.1. The van der Waals surface area contributed by atoms with Gasteiger partial charge < -0.3 is 41.1 Å². The van der Waals surface area contributed by atoms with E-state index in [1.165, 1.54) is 7.11 Å². The molecule has 16 heteroatoms. The number of nitrogens with one attached hydrogen (secondary N) is 3. The summed E-state index contributed by atoms with van der Waals surface area (Å²) in [5, 5.41) is 56.9. The normalized spacial score (nSPS) is 25.8. The molecule has 0 aromatic rings. The van der Waals surface area contributed by atoms with E-state index in [1.54, 1.807) is 13.8 Å². The monoisotopic (exact) mass is 916 g/mol. The molecule has 1 amide bonds. The molecule has 0 aromatic heterocycles. The Bertz CT molecular complexity index is 2080. The molecule has 0 aromatic carbocycles. The van der Waals surface area contributed by atoms with E-state index < -0.39 is 30.5 Å². The molecule has 6 aliphatic heterocycles. The van der Waals surface area contributed by atoms with Crippen LogP contribution in [0.15, 0.2) is 100 Å². The van der Waals surface area contributed by atoms with Gasteiger partial charge in [-0.2, -0.15) is 0 Å². The average Bonchev–Trinajstić information content (AvgIpc) is 3.91. The van der Waals surface area contributed by atoms with Gasteiger partial charge >= 0.3 is 26.4 Å². The Morgan fingerprint density at radius 2 is 1.75 bits per heavy atom. The third-order valence-electron chi connectivity index (χ3n) is 12.3. The van der Waals surface area contributed by atoms with Gasteiger partial charge in [0.05, 0.1) is 61.3 Å². The zero-order valence-corrected chi connectivity index (χ0v) is 37.1. The minimum Gasteiger partial charge on any atom is -0.875 e. The molecule has 6 heterocycles. The van der Waals surface area contributed by atoms with Gasteiger partial charge in [-0.15, -0.1) is 5.76 Å². The largest absolute Gasteiger partial charge is 2.00 e. The van der Waals surface area contributed by atoms with Crippen LogP contribution in [0.25, 0.3) is 0 Å². The summed E-state index contributed by atoms with van der Waals surface area (Å²) in [6.07, 6.45) is 5.56. The van der Waals surface area contributed by atoms with Crippen molar-refractivity contribution in [3.05, 3.63) is 80.3 Å². The number of piperazine rings is 1. The summed E-state index contributed by atoms with van der Waals surface area (Å²) in [5.41, 5.74) is 7.06. The smallest absolute Gasteiger partial charge is 0.875 e. The number of allylic oxidation sites excluding steroid dienone is 10. The number of amides is 1. The molecule has 1 unspecified atom stereocenters. The van der Waals surface area contributed by atoms with E-state index in [0.717, 1.165) is 56.1 Å². The Labute approximate surface area is 366 Å². The van der Waals surface area contributed by atoms with Crippen molar-refractivity contribution in [1.82, 2.24) is 20.9 Å². The van der Waals surface area contributed by atoms with Crippen LogP contribution in [0, 0.1) is 23.7 Å². The number of rotatable bonds is 13. The predicted molar refractivity (Wildman–Crippen MR) is 224 cm³/mol. The number of hydrogen-bond acceptors (Lipinski definition) is 14. The number of hydrogen-bond donors (Lipinski definition) is 5. The maximum Gasteiger partial charge on any atom is 2.00 e. The van der Waals surface area contributed by atoms with Crippen LogP contribution in [0.2, 0.25) is 0 Å². The third-order valence-corrected chi connectivity index (χ3v) is 12.3. The van der Waals surface area contributed by atoms with Crippen LogP contribution in [0.5, 0.6) is 0 Å². The van der Waals surface area contributed by atoms with Crippen molar-refractivity contribution < 1.29 is 55.2 Å². The second-order valence-corrected chi connectivity index (χ2v) is 16.1. The maximum atomic E-state index is 14.1. The van der Waals surface area contributed by atoms with Gasteiger partial charge in [0, 0.05) is 97.6 Å². The van der Waals surface area contributed by atoms with Gasteiger partial charge in [-0.1, -0.05) is 27.7 Å². The van der Waals surface area contributed by atoms with Crippen molar-refractivity contribution >= 4 is 34.9 Å². The van der Waals surface area contributed by atoms with E-state index in [2.05, 4.69) is 39.7 Å². The summed E-state index contributed by atoms with van der Waals surface area (Å²) in [5.74, 6) is -2.03. The molecule has 5 N–H and O–H groups in total. The molecule has 0 spiro atoms. The number of esters is 1. The second kappa shape index (κ2) is 20.5. The van der Waals surface area contributed by atoms with Gasteiger partial charge in [0.25, 0.3) is 0 Å². The molecule has 0 saturated carbocycles. The topological polar surface area (TPSA) is 219 Å². The van der Waals surface area contributed by atoms with E-state index in [0.29, 0.717) is 58.2 Å². The van der Waals surface area contributed by atoms with E-state index in [4.69, 9.17) is 19.7 Å². The number of aliphatic imine (C=N–C) groups is 4. The van der Waals surface area contributed by atoms with Gasteiger partial charge in [-0.25, -0.2) is 9.98 Å². The van der Waals surface area contributed by atoms with Crippen LogP contribution in [-0.4, -0.2) is 116 Å². The fourth-order valence-corrected chi connectivity index (χ4v) is 8.75. The Kier molecular flexibility index (Phi) is 16.0. The first kappa shape index (κ1) is 46.8. The first-order valence-corrected chi connectivity index (χ1v) is 20.8. The molecular formula is C44H58N8O7Pd. The molecule has 6 aliphatic rings. The quantitative estimate of drug-likeness (QED) is 0.0590. The average molecular weight is 917 g/mol. The minimum absolute atomic E-state index is 0. The molecule has 2 fully saturated rings. The molecular weight excluding hydrogens is 859 g/mol. The summed E-state index contributed by atoms with van der Waals surface area (Å²) in [7, 11) is 1.29. The van der Waals surface area contributed by atoms with Crippen molar-refractivity contribution in [3.8, 4) is 0 Å². The summed E-state index contributed by atoms with van der Waals surface area (Å²) >= 11 is 0. The SMILES string of the molecule is CC[C@H]1C2=CC3=NC(=C(CC(=O)OC)C4=NC(=CC5=C(C)/C(=C(/C)[O-])C(=N5)C=C(N2)[C@@H]1C)[C@@H](C)[C@@H]4CCC(=O)NCCN1CCNCC1)C(C([O-])=NCC(O)CO)=C3C.[Pd+2]. The first-order chi connectivity index (χ1) is 28.3. The molecule has 5 atom stereocenters. The summed E-state index contributed by atoms with van der Waals surface area (Å²) in [6, 6.07) is 0. The minimum atomic E-state index is -1.24. The standard InChI is InChI=1S/C44H60N8O7.Pd/c1-8-29-23(2)32-20-37-40(27(6)54)25(4)34(49-37)18-33-24(3)30(9-10-38(56)46-13-16-52-14-11-45-12-15-52)42(50-33)31(17-39(57)59-7)43-41(44(58)47-21-28(55)22-53)26(5)35(51-43)19-36(29)48-32;/h18-20,23-24,28-30,45,48,53-55H,8-17,21-22H2,1-7H3,(H,46,56)(H,47,58);/q;+2/p-2/b32-20?,33-18?,36-19?,40-27+,43-31?;/t23-,24+,28?,29-,30+;/m1./s1. The van der Waals surface area contributed by atoms with Crippen LogP contribution < -0.4 is 26.2 Å². The molecule has 0 radical (unpaired) electrons. The summed E-state index contributed by atoms with van der Waals surface area (Å²) in [6.45, 7) is 15.5. The van der Waals surface area contributed by atoms with Crippen LogP contribution in [0.3, 0.4) is 0 Å². The van der Waals surface area contributed by atoms with Crippen LogP contribution in [0.1, 0.15) is 67.2 Å². The number of methoxy groups -OCH3 is 1. The van der Waals surface area contributed by atoms with E-state index in [1.807, 2.05) is 32.1 Å². The van der Waals surface area contributed by atoms with E-state index in [9.17, 15) is 30.0 Å². The van der Waals surface area contributed by atoms with E-state index in [-0.39, 0.29) is 80.5 Å². The van der Waals surface area contributed by atoms with Gasteiger partial charge in [-0.3, -0.25) is 24.5 Å². The zero-order chi connectivity index (χ0) is 42.5. The van der Waals surface area contributed by atoms with Gasteiger partial charge in [-0.05, 0) is 67.5 Å². The number of carbonyl (C=O) groups excluding carboxylic acids is 2. The Morgan fingerprint density at radius 3 is 2.42 bits per heavy atom. The number of carbonyl (C=O) groups is 2. The number of aliphatic hydroxyl groups excluding tert-OH is 2. The Balaban J connectivity index is 0.00000683. The summed E-state index contributed by atoms with van der Waals surface area (Å²) < 4.78 is 5.21. The van der Waals surface area contributed by atoms with Crippen LogP contribution >= 0.6 is 0 Å². The molecule has 326 valence electrons. The molecule has 0 aliphatic carbocycles. The molecule has 15 nitrogen and oxygen atoms in total. The number of aliphatic hydroxyl groups is 2. The van der Waals surface area contributed by atoms with Crippen LogP contribution in [0.4, 0.5) is 0 Å². The fourth-order valence-electron chi connectivity index (χ4n) is 8.75. The van der Waals surface area contributed by atoms with Gasteiger partial charge in [0.2, 0.25) is 5.91 Å². The fraction of sp³-hybridized carbons (Fsp3) is 0.545. The van der Waals surface area contributed by atoms with Gasteiger partial charge in [0.15, 0.2) is 0 Å². The molecule has 2 saturated heterocycles. The predicted octanol–water partition coefficient (Wildman–Crippen LogP) is 1.49. The number of nitrogens with zero attached hydrogens (tertiary/aromatic N) is 5. The Hall–Kier alpha value is -4.30. The Morgan fingerprint density at radius 1 is 1.03 bits per heavy atom. The van der Waals surface area contributed by atoms with Crippen molar-refractivity contribution in [3.63, 3.8) is 0 Å². The first-order valence-electron chi connectivity index (χ1n) is 20.8. The van der Waals surface area contributed by atoms with Crippen molar-refractivity contribution in [2.45, 2.75) is 73.3 Å². The zero-order valence-electron chi connectivity index (χ0n) is 35.6. The maximum absolute atomic E-state index is 14.1.